The van der Waals surface area contributed by atoms with Crippen molar-refractivity contribution in [1.82, 2.24) is 0 Å². The molecule has 1 aromatic rings. The zero-order valence-corrected chi connectivity index (χ0v) is 9.28. The predicted molar refractivity (Wildman–Crippen MR) is 64.1 cm³/mol. The molecule has 0 radical (unpaired) electrons. The molecule has 0 unspecified atom stereocenters. The van der Waals surface area contributed by atoms with Gasteiger partial charge in [0.25, 0.3) is 0 Å². The van der Waals surface area contributed by atoms with Gasteiger partial charge in [-0.15, -0.1) is 0 Å². The molecule has 0 atom stereocenters. The lowest BCUT2D eigenvalue weighted by Gasteiger charge is -2.06. The van der Waals surface area contributed by atoms with Gasteiger partial charge in [0, 0.05) is 25.3 Å². The predicted octanol–water partition coefficient (Wildman–Crippen LogP) is 0.899. The molecular weight excluding hydrogens is 204 g/mol. The van der Waals surface area contributed by atoms with E-state index in [9.17, 15) is 4.79 Å². The molecule has 0 heterocycles. The van der Waals surface area contributed by atoms with Gasteiger partial charge in [-0.1, -0.05) is 12.1 Å². The molecule has 0 saturated heterocycles. The first-order valence-corrected chi connectivity index (χ1v) is 5.46. The average molecular weight is 222 g/mol. The van der Waals surface area contributed by atoms with Crippen LogP contribution in [0, 0.1) is 0 Å². The van der Waals surface area contributed by atoms with Crippen LogP contribution in [0.3, 0.4) is 0 Å². The molecule has 0 aromatic heterocycles. The highest BCUT2D eigenvalue weighted by molar-refractivity contribution is 5.90. The number of benzene rings is 1. The number of aliphatic hydroxyl groups is 1. The molecule has 0 aliphatic rings. The number of aliphatic hydroxyl groups excluding tert-OH is 1. The van der Waals surface area contributed by atoms with Gasteiger partial charge in [-0.25, -0.2) is 0 Å². The van der Waals surface area contributed by atoms with Gasteiger partial charge < -0.3 is 16.2 Å². The smallest absolute Gasteiger partial charge is 0.225 e. The third-order valence-electron chi connectivity index (χ3n) is 2.21. The number of rotatable bonds is 6. The number of anilines is 1. The molecule has 0 fully saturated rings. The second-order valence-electron chi connectivity index (χ2n) is 3.61. The fraction of sp³-hybridized carbons (Fsp3) is 0.417. The van der Waals surface area contributed by atoms with Crippen LogP contribution in [0.15, 0.2) is 24.3 Å². The van der Waals surface area contributed by atoms with Crippen LogP contribution in [-0.2, 0) is 11.2 Å². The van der Waals surface area contributed by atoms with Gasteiger partial charge in [-0.2, -0.15) is 0 Å². The van der Waals surface area contributed by atoms with Gasteiger partial charge in [-0.05, 0) is 30.5 Å². The van der Waals surface area contributed by atoms with E-state index in [2.05, 4.69) is 5.32 Å². The molecule has 1 aromatic carbocycles. The summed E-state index contributed by atoms with van der Waals surface area (Å²) in [5, 5.41) is 11.5. The van der Waals surface area contributed by atoms with E-state index in [0.717, 1.165) is 24.1 Å². The lowest BCUT2D eigenvalue weighted by Crippen LogP contribution is -2.16. The van der Waals surface area contributed by atoms with E-state index in [1.807, 2.05) is 24.3 Å². The molecular formula is C12H18N2O2. The molecule has 0 saturated carbocycles. The Balaban J connectivity index is 2.56. The zero-order chi connectivity index (χ0) is 11.8. The standard InChI is InChI=1S/C12H18N2O2/c13-7-6-12(16)14-11-5-1-3-10(9-11)4-2-8-15/h1,3,5,9,15H,2,4,6-8,13H2,(H,14,16). The van der Waals surface area contributed by atoms with Crippen molar-refractivity contribution in [3.8, 4) is 0 Å². The average Bonchev–Trinajstić information content (AvgIpc) is 2.27. The number of nitrogens with one attached hydrogen (secondary N) is 1. The second kappa shape index (κ2) is 6.98. The van der Waals surface area contributed by atoms with E-state index < -0.39 is 0 Å². The van der Waals surface area contributed by atoms with Gasteiger partial charge >= 0.3 is 0 Å². The molecule has 16 heavy (non-hydrogen) atoms. The number of hydrogen-bond donors (Lipinski definition) is 3. The molecule has 1 amide bonds. The minimum absolute atomic E-state index is 0.0678. The van der Waals surface area contributed by atoms with Crippen LogP contribution in [0.5, 0.6) is 0 Å². The molecule has 4 nitrogen and oxygen atoms in total. The molecule has 4 heteroatoms. The molecule has 1 rings (SSSR count). The molecule has 0 spiro atoms. The summed E-state index contributed by atoms with van der Waals surface area (Å²) in [7, 11) is 0. The number of aryl methyl sites for hydroxylation is 1. The topological polar surface area (TPSA) is 75.4 Å². The van der Waals surface area contributed by atoms with Crippen LogP contribution in [0.1, 0.15) is 18.4 Å². The Morgan fingerprint density at radius 2 is 2.25 bits per heavy atom. The molecule has 4 N–H and O–H groups in total. The van der Waals surface area contributed by atoms with Crippen molar-refractivity contribution in [2.24, 2.45) is 5.73 Å². The van der Waals surface area contributed by atoms with E-state index in [0.29, 0.717) is 13.0 Å². The molecule has 0 bridgehead atoms. The van der Waals surface area contributed by atoms with Gasteiger partial charge in [0.1, 0.15) is 0 Å². The Labute approximate surface area is 95.5 Å². The zero-order valence-electron chi connectivity index (χ0n) is 9.28. The highest BCUT2D eigenvalue weighted by Crippen LogP contribution is 2.12. The van der Waals surface area contributed by atoms with Crippen LogP contribution in [0.4, 0.5) is 5.69 Å². The number of carbonyl (C=O) groups is 1. The summed E-state index contributed by atoms with van der Waals surface area (Å²) in [5.74, 6) is -0.0678. The van der Waals surface area contributed by atoms with Crippen molar-refractivity contribution in [3.63, 3.8) is 0 Å². The second-order valence-corrected chi connectivity index (χ2v) is 3.61. The Morgan fingerprint density at radius 3 is 2.94 bits per heavy atom. The minimum Gasteiger partial charge on any atom is -0.396 e. The van der Waals surface area contributed by atoms with Crippen molar-refractivity contribution in [2.45, 2.75) is 19.3 Å². The number of amides is 1. The number of nitrogens with two attached hydrogens (primary N) is 1. The van der Waals surface area contributed by atoms with E-state index in [1.54, 1.807) is 0 Å². The monoisotopic (exact) mass is 222 g/mol. The van der Waals surface area contributed by atoms with Crippen molar-refractivity contribution in [3.05, 3.63) is 29.8 Å². The lowest BCUT2D eigenvalue weighted by molar-refractivity contribution is -0.116. The van der Waals surface area contributed by atoms with Gasteiger partial charge in [-0.3, -0.25) is 4.79 Å². The first-order valence-electron chi connectivity index (χ1n) is 5.46. The molecule has 0 aliphatic carbocycles. The first kappa shape index (κ1) is 12.7. The molecule has 88 valence electrons. The summed E-state index contributed by atoms with van der Waals surface area (Å²) < 4.78 is 0. The normalized spacial score (nSPS) is 10.1. The maximum absolute atomic E-state index is 11.3. The Morgan fingerprint density at radius 1 is 1.44 bits per heavy atom. The van der Waals surface area contributed by atoms with E-state index in [4.69, 9.17) is 10.8 Å². The number of hydrogen-bond acceptors (Lipinski definition) is 3. The SMILES string of the molecule is NCCC(=O)Nc1cccc(CCCO)c1. The van der Waals surface area contributed by atoms with Crippen LogP contribution >= 0.6 is 0 Å². The van der Waals surface area contributed by atoms with Crippen LogP contribution in [0.25, 0.3) is 0 Å². The highest BCUT2D eigenvalue weighted by atomic mass is 16.2. The minimum atomic E-state index is -0.0678. The first-order chi connectivity index (χ1) is 7.76. The van der Waals surface area contributed by atoms with E-state index in [1.165, 1.54) is 0 Å². The largest absolute Gasteiger partial charge is 0.396 e. The Hall–Kier alpha value is -1.39. The van der Waals surface area contributed by atoms with Crippen molar-refractivity contribution in [2.75, 3.05) is 18.5 Å². The van der Waals surface area contributed by atoms with Crippen LogP contribution < -0.4 is 11.1 Å². The summed E-state index contributed by atoms with van der Waals surface area (Å²) in [5.41, 5.74) is 7.19. The fourth-order valence-electron chi connectivity index (χ4n) is 1.44. The van der Waals surface area contributed by atoms with Crippen LogP contribution in [0.2, 0.25) is 0 Å². The summed E-state index contributed by atoms with van der Waals surface area (Å²) in [6, 6.07) is 7.64. The quantitative estimate of drug-likeness (QED) is 0.669. The summed E-state index contributed by atoms with van der Waals surface area (Å²) in [6.45, 7) is 0.541. The summed E-state index contributed by atoms with van der Waals surface area (Å²) in [4.78, 5) is 11.3. The van der Waals surface area contributed by atoms with Crippen molar-refractivity contribution >= 4 is 11.6 Å². The number of carbonyl (C=O) groups excluding carboxylic acids is 1. The third kappa shape index (κ3) is 4.42. The van der Waals surface area contributed by atoms with E-state index in [-0.39, 0.29) is 12.5 Å². The Kier molecular flexibility index (Phi) is 5.53. The van der Waals surface area contributed by atoms with Crippen LogP contribution in [-0.4, -0.2) is 24.2 Å². The highest BCUT2D eigenvalue weighted by Gasteiger charge is 2.01. The molecule has 0 aliphatic heterocycles. The summed E-state index contributed by atoms with van der Waals surface area (Å²) >= 11 is 0. The van der Waals surface area contributed by atoms with Gasteiger partial charge in [0.2, 0.25) is 5.91 Å². The third-order valence-corrected chi connectivity index (χ3v) is 2.21. The van der Waals surface area contributed by atoms with Gasteiger partial charge in [0.15, 0.2) is 0 Å². The van der Waals surface area contributed by atoms with Crippen molar-refractivity contribution in [1.29, 1.82) is 0 Å². The summed E-state index contributed by atoms with van der Waals surface area (Å²) in [6.07, 6.45) is 1.89. The fourth-order valence-corrected chi connectivity index (χ4v) is 1.44. The maximum atomic E-state index is 11.3. The Bertz CT molecular complexity index is 340. The van der Waals surface area contributed by atoms with Crippen molar-refractivity contribution < 1.29 is 9.90 Å². The van der Waals surface area contributed by atoms with E-state index >= 15 is 0 Å². The van der Waals surface area contributed by atoms with Gasteiger partial charge in [0.05, 0.1) is 0 Å². The maximum Gasteiger partial charge on any atom is 0.225 e. The lowest BCUT2D eigenvalue weighted by atomic mass is 10.1.